The molecule has 0 unspecified atom stereocenters. The average Bonchev–Trinajstić information content (AvgIpc) is 3.20. The zero-order valence-corrected chi connectivity index (χ0v) is 17.1. The Hall–Kier alpha value is -3.40. The third-order valence-electron chi connectivity index (χ3n) is 5.65. The first kappa shape index (κ1) is 19.9. The number of hydrogen-bond donors (Lipinski definition) is 0. The minimum atomic E-state index is -0.0749. The monoisotopic (exact) mass is 398 g/mol. The number of carbonyl (C=O) groups excluding carboxylic acids is 2. The molecule has 0 aromatic heterocycles. The van der Waals surface area contributed by atoms with Crippen LogP contribution < -0.4 is 9.80 Å². The summed E-state index contributed by atoms with van der Waals surface area (Å²) in [5, 5.41) is 0. The summed E-state index contributed by atoms with van der Waals surface area (Å²) in [6, 6.07) is 15.2. The number of anilines is 2. The fraction of sp³-hybridized carbons (Fsp3) is 0.231. The highest BCUT2D eigenvalue weighted by Crippen LogP contribution is 2.42. The first-order chi connectivity index (χ1) is 14.7. The van der Waals surface area contributed by atoms with E-state index < -0.39 is 0 Å². The predicted octanol–water partition coefficient (Wildman–Crippen LogP) is 5.54. The SMILES string of the molecule is C=CCCCN1/C(=C2\C(=O)c3ccccc3N2CCCC=C)C(=O)c2ccccc21. The van der Waals surface area contributed by atoms with Crippen LogP contribution in [0.4, 0.5) is 11.4 Å². The molecule has 2 aromatic rings. The Morgan fingerprint density at radius 3 is 1.47 bits per heavy atom. The molecule has 2 aromatic carbocycles. The molecule has 0 bridgehead atoms. The maximum atomic E-state index is 13.5. The molecule has 0 aliphatic carbocycles. The second kappa shape index (κ2) is 8.54. The molecule has 0 saturated heterocycles. The number of rotatable bonds is 8. The molecular weight excluding hydrogens is 372 g/mol. The number of hydrogen-bond acceptors (Lipinski definition) is 4. The largest absolute Gasteiger partial charge is 0.336 e. The molecule has 152 valence electrons. The summed E-state index contributed by atoms with van der Waals surface area (Å²) in [6.07, 6.45) is 7.20. The lowest BCUT2D eigenvalue weighted by Crippen LogP contribution is -2.31. The van der Waals surface area contributed by atoms with Crippen molar-refractivity contribution in [2.24, 2.45) is 0 Å². The van der Waals surface area contributed by atoms with E-state index in [0.29, 0.717) is 35.6 Å². The van der Waals surface area contributed by atoms with Crippen molar-refractivity contribution in [2.45, 2.75) is 25.7 Å². The minimum absolute atomic E-state index is 0.0749. The summed E-state index contributed by atoms with van der Waals surface area (Å²) in [4.78, 5) is 31.0. The number of carbonyl (C=O) groups is 2. The molecule has 0 spiro atoms. The van der Waals surface area contributed by atoms with Crippen molar-refractivity contribution in [1.82, 2.24) is 0 Å². The molecule has 0 fully saturated rings. The van der Waals surface area contributed by atoms with E-state index in [1.807, 2.05) is 70.5 Å². The van der Waals surface area contributed by atoms with Gasteiger partial charge in [0.2, 0.25) is 11.6 Å². The van der Waals surface area contributed by atoms with Gasteiger partial charge in [-0.3, -0.25) is 9.59 Å². The van der Waals surface area contributed by atoms with Gasteiger partial charge in [-0.05, 0) is 49.9 Å². The van der Waals surface area contributed by atoms with Crippen LogP contribution in [0.3, 0.4) is 0 Å². The lowest BCUT2D eigenvalue weighted by molar-refractivity contribution is 0.100. The normalized spacial score (nSPS) is 17.3. The Morgan fingerprint density at radius 2 is 1.07 bits per heavy atom. The van der Waals surface area contributed by atoms with E-state index in [4.69, 9.17) is 0 Å². The summed E-state index contributed by atoms with van der Waals surface area (Å²) in [5.41, 5.74) is 4.08. The molecule has 4 rings (SSSR count). The lowest BCUT2D eigenvalue weighted by atomic mass is 10.1. The molecule has 4 heteroatoms. The Kier molecular flexibility index (Phi) is 5.66. The first-order valence-corrected chi connectivity index (χ1v) is 10.5. The molecule has 0 radical (unpaired) electrons. The third-order valence-corrected chi connectivity index (χ3v) is 5.65. The topological polar surface area (TPSA) is 40.6 Å². The summed E-state index contributed by atoms with van der Waals surface area (Å²) < 4.78 is 0. The van der Waals surface area contributed by atoms with Crippen LogP contribution in [0.15, 0.2) is 85.2 Å². The Balaban J connectivity index is 1.85. The number of unbranched alkanes of at least 4 members (excludes halogenated alkanes) is 2. The van der Waals surface area contributed by atoms with Gasteiger partial charge in [0.15, 0.2) is 0 Å². The summed E-state index contributed by atoms with van der Waals surface area (Å²) in [6.45, 7) is 8.94. The van der Waals surface area contributed by atoms with E-state index >= 15 is 0 Å². The molecule has 2 aliphatic heterocycles. The zero-order chi connectivity index (χ0) is 21.1. The third kappa shape index (κ3) is 3.28. The van der Waals surface area contributed by atoms with Crippen LogP contribution in [0.25, 0.3) is 0 Å². The van der Waals surface area contributed by atoms with Crippen LogP contribution in [-0.4, -0.2) is 24.7 Å². The Morgan fingerprint density at radius 1 is 0.667 bits per heavy atom. The van der Waals surface area contributed by atoms with E-state index in [2.05, 4.69) is 13.2 Å². The van der Waals surface area contributed by atoms with Crippen molar-refractivity contribution in [3.8, 4) is 0 Å². The highest BCUT2D eigenvalue weighted by Gasteiger charge is 2.42. The fourth-order valence-electron chi connectivity index (χ4n) is 4.27. The van der Waals surface area contributed by atoms with Crippen LogP contribution in [-0.2, 0) is 0 Å². The number of ketones is 2. The van der Waals surface area contributed by atoms with E-state index in [1.165, 1.54) is 0 Å². The van der Waals surface area contributed by atoms with Gasteiger partial charge < -0.3 is 9.80 Å². The number of allylic oxidation sites excluding steroid dienone is 4. The van der Waals surface area contributed by atoms with E-state index in [0.717, 1.165) is 37.1 Å². The van der Waals surface area contributed by atoms with Gasteiger partial charge in [-0.25, -0.2) is 0 Å². The smallest absolute Gasteiger partial charge is 0.213 e. The number of nitrogens with zero attached hydrogens (tertiary/aromatic N) is 2. The molecule has 2 heterocycles. The highest BCUT2D eigenvalue weighted by atomic mass is 16.1. The Labute approximate surface area is 177 Å². The number of Topliss-reactive ketones (excluding diaryl/α,β-unsaturated/α-hetero) is 2. The Bertz CT molecular complexity index is 967. The van der Waals surface area contributed by atoms with Crippen LogP contribution in [0.1, 0.15) is 46.4 Å². The molecular formula is C26H26N2O2. The van der Waals surface area contributed by atoms with Gasteiger partial charge in [-0.1, -0.05) is 36.4 Å². The molecule has 0 amide bonds. The van der Waals surface area contributed by atoms with Crippen molar-refractivity contribution in [2.75, 3.05) is 22.9 Å². The van der Waals surface area contributed by atoms with Gasteiger partial charge in [0, 0.05) is 24.2 Å². The van der Waals surface area contributed by atoms with Crippen molar-refractivity contribution >= 4 is 22.9 Å². The molecule has 0 N–H and O–H groups in total. The van der Waals surface area contributed by atoms with Crippen LogP contribution >= 0.6 is 0 Å². The number of para-hydroxylation sites is 2. The fourth-order valence-corrected chi connectivity index (χ4v) is 4.27. The number of benzene rings is 2. The van der Waals surface area contributed by atoms with Crippen molar-refractivity contribution < 1.29 is 9.59 Å². The van der Waals surface area contributed by atoms with Gasteiger partial charge in [0.05, 0.1) is 11.4 Å². The van der Waals surface area contributed by atoms with Crippen molar-refractivity contribution in [3.05, 3.63) is 96.4 Å². The van der Waals surface area contributed by atoms with Crippen LogP contribution in [0.5, 0.6) is 0 Å². The second-order valence-corrected chi connectivity index (χ2v) is 7.55. The average molecular weight is 399 g/mol. The van der Waals surface area contributed by atoms with Gasteiger partial charge in [0.1, 0.15) is 11.4 Å². The molecule has 30 heavy (non-hydrogen) atoms. The minimum Gasteiger partial charge on any atom is -0.336 e. The standard InChI is InChI=1S/C26H26N2O2/c1-3-5-11-17-27-21-15-9-7-13-19(21)25(29)23(27)24-26(30)20-14-8-10-16-22(20)28(24)18-12-6-4-2/h3-4,7-10,13-16H,1-2,5-6,11-12,17-18H2/b24-23+. The maximum Gasteiger partial charge on any atom is 0.213 e. The summed E-state index contributed by atoms with van der Waals surface area (Å²) in [7, 11) is 0. The van der Waals surface area contributed by atoms with Gasteiger partial charge >= 0.3 is 0 Å². The van der Waals surface area contributed by atoms with Crippen LogP contribution in [0, 0.1) is 0 Å². The van der Waals surface area contributed by atoms with E-state index in [9.17, 15) is 9.59 Å². The van der Waals surface area contributed by atoms with Crippen LogP contribution in [0.2, 0.25) is 0 Å². The predicted molar refractivity (Wildman–Crippen MR) is 122 cm³/mol. The van der Waals surface area contributed by atoms with Gasteiger partial charge in [-0.2, -0.15) is 0 Å². The number of fused-ring (bicyclic) bond motifs is 2. The van der Waals surface area contributed by atoms with Crippen molar-refractivity contribution in [1.29, 1.82) is 0 Å². The summed E-state index contributed by atoms with van der Waals surface area (Å²) in [5.74, 6) is -0.150. The molecule has 0 saturated carbocycles. The summed E-state index contributed by atoms with van der Waals surface area (Å²) >= 11 is 0. The van der Waals surface area contributed by atoms with Gasteiger partial charge in [-0.15, -0.1) is 13.2 Å². The van der Waals surface area contributed by atoms with E-state index in [-0.39, 0.29) is 11.6 Å². The maximum absolute atomic E-state index is 13.5. The van der Waals surface area contributed by atoms with Gasteiger partial charge in [0.25, 0.3) is 0 Å². The zero-order valence-electron chi connectivity index (χ0n) is 17.1. The second-order valence-electron chi connectivity index (χ2n) is 7.55. The molecule has 2 aliphatic rings. The van der Waals surface area contributed by atoms with Crippen molar-refractivity contribution in [3.63, 3.8) is 0 Å². The van der Waals surface area contributed by atoms with E-state index in [1.54, 1.807) is 0 Å². The molecule has 4 nitrogen and oxygen atoms in total. The first-order valence-electron chi connectivity index (χ1n) is 10.5. The quantitative estimate of drug-likeness (QED) is 0.333. The highest BCUT2D eigenvalue weighted by molar-refractivity contribution is 6.28. The lowest BCUT2D eigenvalue weighted by Gasteiger charge is -2.26. The molecule has 0 atom stereocenters.